The summed E-state index contributed by atoms with van der Waals surface area (Å²) in [6.45, 7) is 1.43. The minimum atomic E-state index is -2.82. The van der Waals surface area contributed by atoms with E-state index in [1.165, 1.54) is 12.1 Å². The molecule has 0 aliphatic heterocycles. The zero-order valence-corrected chi connectivity index (χ0v) is 10.4. The highest BCUT2D eigenvalue weighted by molar-refractivity contribution is 5.40. The average Bonchev–Trinajstić information content (AvgIpc) is 2.25. The molecular formula is C14H15F2NO. The maximum absolute atomic E-state index is 12.0. The van der Waals surface area contributed by atoms with Gasteiger partial charge in [0.15, 0.2) is 0 Å². The van der Waals surface area contributed by atoms with Crippen molar-refractivity contribution in [1.82, 2.24) is 0 Å². The van der Waals surface area contributed by atoms with Crippen molar-refractivity contribution in [2.45, 2.75) is 38.7 Å². The summed E-state index contributed by atoms with van der Waals surface area (Å²) >= 11 is 0. The normalized spacial score (nSPS) is 20.0. The van der Waals surface area contributed by atoms with Gasteiger partial charge in [0.25, 0.3) is 0 Å². The first-order chi connectivity index (χ1) is 8.37. The van der Waals surface area contributed by atoms with Gasteiger partial charge in [0.2, 0.25) is 0 Å². The Morgan fingerprint density at radius 2 is 1.78 bits per heavy atom. The molecular weight excluding hydrogens is 236 g/mol. The van der Waals surface area contributed by atoms with Crippen LogP contribution in [0.5, 0.6) is 5.75 Å². The van der Waals surface area contributed by atoms with E-state index < -0.39 is 12.0 Å². The van der Waals surface area contributed by atoms with Gasteiger partial charge in [-0.1, -0.05) is 26.0 Å². The number of halogens is 2. The highest BCUT2D eigenvalue weighted by atomic mass is 19.3. The lowest BCUT2D eigenvalue weighted by molar-refractivity contribution is -0.0498. The summed E-state index contributed by atoms with van der Waals surface area (Å²) in [6, 6.07) is 8.75. The van der Waals surface area contributed by atoms with Gasteiger partial charge >= 0.3 is 6.61 Å². The number of alkyl halides is 2. The van der Waals surface area contributed by atoms with E-state index in [0.717, 1.165) is 18.4 Å². The average molecular weight is 251 g/mol. The Morgan fingerprint density at radius 1 is 1.22 bits per heavy atom. The minimum Gasteiger partial charge on any atom is -0.435 e. The lowest BCUT2D eigenvalue weighted by Crippen LogP contribution is -2.45. The lowest BCUT2D eigenvalue weighted by Gasteiger charge is -2.49. The molecule has 0 unspecified atom stereocenters. The summed E-state index contributed by atoms with van der Waals surface area (Å²) in [6.07, 6.45) is 1.59. The summed E-state index contributed by atoms with van der Waals surface area (Å²) in [7, 11) is 0. The van der Waals surface area contributed by atoms with Gasteiger partial charge < -0.3 is 4.74 Å². The number of benzene rings is 1. The van der Waals surface area contributed by atoms with E-state index in [-0.39, 0.29) is 11.2 Å². The largest absolute Gasteiger partial charge is 0.435 e. The molecule has 2 nitrogen and oxygen atoms in total. The number of ether oxygens (including phenoxy) is 1. The third kappa shape index (κ3) is 2.31. The van der Waals surface area contributed by atoms with E-state index in [9.17, 15) is 14.0 Å². The second-order valence-corrected chi connectivity index (χ2v) is 5.61. The van der Waals surface area contributed by atoms with Gasteiger partial charge in [-0.05, 0) is 36.0 Å². The molecule has 0 spiro atoms. The first-order valence-electron chi connectivity index (χ1n) is 5.84. The Bertz CT molecular complexity index is 466. The van der Waals surface area contributed by atoms with Crippen molar-refractivity contribution < 1.29 is 13.5 Å². The lowest BCUT2D eigenvalue weighted by atomic mass is 9.52. The number of nitriles is 1. The minimum absolute atomic E-state index is 0.125. The van der Waals surface area contributed by atoms with Crippen LogP contribution in [0.15, 0.2) is 24.3 Å². The van der Waals surface area contributed by atoms with Gasteiger partial charge in [-0.15, -0.1) is 0 Å². The molecule has 1 saturated carbocycles. The molecule has 96 valence electrons. The van der Waals surface area contributed by atoms with Gasteiger partial charge in [-0.25, -0.2) is 0 Å². The van der Waals surface area contributed by atoms with Gasteiger partial charge in [0, 0.05) is 0 Å². The molecule has 0 N–H and O–H groups in total. The van der Waals surface area contributed by atoms with Crippen molar-refractivity contribution in [3.8, 4) is 11.8 Å². The molecule has 0 bridgehead atoms. The van der Waals surface area contributed by atoms with Crippen molar-refractivity contribution in [2.24, 2.45) is 5.41 Å². The standard InChI is InChI=1S/C14H15F2NO/c1-13(2)7-14(8-13,9-17)10-3-5-11(6-4-10)18-12(15)16/h3-6,12H,7-8H2,1-2H3. The number of rotatable bonds is 3. The fourth-order valence-electron chi connectivity index (χ4n) is 2.89. The Morgan fingerprint density at radius 3 is 2.17 bits per heavy atom. The summed E-state index contributed by atoms with van der Waals surface area (Å²) in [5.41, 5.74) is 0.590. The first kappa shape index (κ1) is 12.8. The number of hydrogen-bond donors (Lipinski definition) is 0. The van der Waals surface area contributed by atoms with Crippen molar-refractivity contribution >= 4 is 0 Å². The summed E-state index contributed by atoms with van der Waals surface area (Å²) in [4.78, 5) is 0. The molecule has 1 aromatic rings. The summed E-state index contributed by atoms with van der Waals surface area (Å²) in [5.74, 6) is 0.125. The van der Waals surface area contributed by atoms with E-state index >= 15 is 0 Å². The smallest absolute Gasteiger partial charge is 0.387 e. The molecule has 18 heavy (non-hydrogen) atoms. The van der Waals surface area contributed by atoms with Crippen molar-refractivity contribution in [3.05, 3.63) is 29.8 Å². The monoisotopic (exact) mass is 251 g/mol. The SMILES string of the molecule is CC1(C)CC(C#N)(c2ccc(OC(F)F)cc2)C1. The number of hydrogen-bond acceptors (Lipinski definition) is 2. The molecule has 0 amide bonds. The molecule has 0 heterocycles. The summed E-state index contributed by atoms with van der Waals surface area (Å²) < 4.78 is 28.3. The van der Waals surface area contributed by atoms with Crippen LogP contribution in [0.25, 0.3) is 0 Å². The molecule has 1 aliphatic carbocycles. The van der Waals surface area contributed by atoms with Crippen LogP contribution in [0.4, 0.5) is 8.78 Å². The molecule has 4 heteroatoms. The van der Waals surface area contributed by atoms with Crippen molar-refractivity contribution in [3.63, 3.8) is 0 Å². The zero-order valence-electron chi connectivity index (χ0n) is 10.4. The molecule has 0 atom stereocenters. The molecule has 1 aliphatic rings. The van der Waals surface area contributed by atoms with Gasteiger partial charge in [-0.3, -0.25) is 0 Å². The van der Waals surface area contributed by atoms with Crippen LogP contribution < -0.4 is 4.74 Å². The van der Waals surface area contributed by atoms with E-state index in [0.29, 0.717) is 0 Å². The fraction of sp³-hybridized carbons (Fsp3) is 0.500. The maximum atomic E-state index is 12.0. The van der Waals surface area contributed by atoms with E-state index in [1.54, 1.807) is 12.1 Å². The van der Waals surface area contributed by atoms with Gasteiger partial charge in [-0.2, -0.15) is 14.0 Å². The third-order valence-corrected chi connectivity index (χ3v) is 3.41. The van der Waals surface area contributed by atoms with Crippen LogP contribution in [-0.4, -0.2) is 6.61 Å². The highest BCUT2D eigenvalue weighted by Gasteiger charge is 2.50. The van der Waals surface area contributed by atoms with Crippen LogP contribution in [0.1, 0.15) is 32.3 Å². The second-order valence-electron chi connectivity index (χ2n) is 5.61. The maximum Gasteiger partial charge on any atom is 0.387 e. The topological polar surface area (TPSA) is 33.0 Å². The fourth-order valence-corrected chi connectivity index (χ4v) is 2.89. The van der Waals surface area contributed by atoms with Crippen LogP contribution in [0, 0.1) is 16.7 Å². The van der Waals surface area contributed by atoms with Crippen LogP contribution in [0.3, 0.4) is 0 Å². The van der Waals surface area contributed by atoms with Crippen molar-refractivity contribution in [2.75, 3.05) is 0 Å². The molecule has 0 aromatic heterocycles. The molecule has 0 saturated heterocycles. The quantitative estimate of drug-likeness (QED) is 0.817. The number of nitrogens with zero attached hydrogens (tertiary/aromatic N) is 1. The third-order valence-electron chi connectivity index (χ3n) is 3.41. The predicted molar refractivity (Wildman–Crippen MR) is 63.4 cm³/mol. The predicted octanol–water partition coefficient (Wildman–Crippen LogP) is 3.87. The van der Waals surface area contributed by atoms with E-state index in [4.69, 9.17) is 0 Å². The van der Waals surface area contributed by atoms with Crippen LogP contribution >= 0.6 is 0 Å². The van der Waals surface area contributed by atoms with Gasteiger partial charge in [0.1, 0.15) is 5.75 Å². The summed E-state index contributed by atoms with van der Waals surface area (Å²) in [5, 5.41) is 9.34. The van der Waals surface area contributed by atoms with Crippen molar-refractivity contribution in [1.29, 1.82) is 5.26 Å². The Hall–Kier alpha value is -1.63. The Labute approximate surface area is 105 Å². The molecule has 0 radical (unpaired) electrons. The second kappa shape index (κ2) is 4.24. The zero-order chi connectivity index (χ0) is 13.4. The Kier molecular flexibility index (Phi) is 3.02. The highest BCUT2D eigenvalue weighted by Crippen LogP contribution is 2.55. The van der Waals surface area contributed by atoms with Gasteiger partial charge in [0.05, 0.1) is 11.5 Å². The van der Waals surface area contributed by atoms with E-state index in [1.807, 2.05) is 0 Å². The first-order valence-corrected chi connectivity index (χ1v) is 5.84. The van der Waals surface area contributed by atoms with Crippen LogP contribution in [-0.2, 0) is 5.41 Å². The van der Waals surface area contributed by atoms with E-state index in [2.05, 4.69) is 24.7 Å². The molecule has 1 fully saturated rings. The Balaban J connectivity index is 2.17. The molecule has 1 aromatic carbocycles. The van der Waals surface area contributed by atoms with Crippen LogP contribution in [0.2, 0.25) is 0 Å². The molecule has 2 rings (SSSR count).